The third kappa shape index (κ3) is 3.57. The number of rotatable bonds is 3. The maximum atomic E-state index is 11.9. The smallest absolute Gasteiger partial charge is 0.251 e. The lowest BCUT2D eigenvalue weighted by Crippen LogP contribution is -2.33. The molecular formula is C13H15BrN2O. The first-order chi connectivity index (χ1) is 7.87. The van der Waals surface area contributed by atoms with Gasteiger partial charge in [0.1, 0.15) is 0 Å². The van der Waals surface area contributed by atoms with Crippen LogP contribution in [-0.4, -0.2) is 12.5 Å². The number of hydrogen-bond acceptors (Lipinski definition) is 2. The zero-order valence-electron chi connectivity index (χ0n) is 10.2. The number of nitrogens with zero attached hydrogens (tertiary/aromatic N) is 1. The Kier molecular flexibility index (Phi) is 4.30. The van der Waals surface area contributed by atoms with Crippen LogP contribution in [0.15, 0.2) is 22.7 Å². The van der Waals surface area contributed by atoms with E-state index in [0.717, 1.165) is 10.0 Å². The Morgan fingerprint density at radius 1 is 1.53 bits per heavy atom. The van der Waals surface area contributed by atoms with Crippen LogP contribution in [0.25, 0.3) is 0 Å². The van der Waals surface area contributed by atoms with Crippen LogP contribution in [0.1, 0.15) is 29.8 Å². The van der Waals surface area contributed by atoms with Gasteiger partial charge in [-0.1, -0.05) is 22.0 Å². The van der Waals surface area contributed by atoms with Crippen molar-refractivity contribution in [3.8, 4) is 6.07 Å². The van der Waals surface area contributed by atoms with Crippen molar-refractivity contribution in [2.45, 2.75) is 20.8 Å². The van der Waals surface area contributed by atoms with Gasteiger partial charge in [-0.15, -0.1) is 0 Å². The van der Waals surface area contributed by atoms with E-state index in [-0.39, 0.29) is 5.91 Å². The summed E-state index contributed by atoms with van der Waals surface area (Å²) in [4.78, 5) is 11.9. The Labute approximate surface area is 110 Å². The fourth-order valence-corrected chi connectivity index (χ4v) is 1.66. The highest BCUT2D eigenvalue weighted by atomic mass is 79.9. The van der Waals surface area contributed by atoms with Gasteiger partial charge < -0.3 is 5.32 Å². The molecule has 0 radical (unpaired) electrons. The summed E-state index contributed by atoms with van der Waals surface area (Å²) < 4.78 is 0.907. The molecule has 1 aromatic carbocycles. The summed E-state index contributed by atoms with van der Waals surface area (Å²) in [6, 6.07) is 7.64. The molecule has 0 aliphatic rings. The van der Waals surface area contributed by atoms with Crippen LogP contribution in [0.3, 0.4) is 0 Å². The zero-order valence-corrected chi connectivity index (χ0v) is 11.8. The predicted molar refractivity (Wildman–Crippen MR) is 70.6 cm³/mol. The van der Waals surface area contributed by atoms with Gasteiger partial charge in [-0.25, -0.2) is 0 Å². The lowest BCUT2D eigenvalue weighted by atomic mass is 9.96. The Morgan fingerprint density at radius 2 is 2.18 bits per heavy atom. The highest BCUT2D eigenvalue weighted by Gasteiger charge is 2.19. The number of amides is 1. The van der Waals surface area contributed by atoms with Gasteiger partial charge in [0.15, 0.2) is 0 Å². The minimum absolute atomic E-state index is 0.146. The van der Waals surface area contributed by atoms with Crippen molar-refractivity contribution >= 4 is 21.8 Å². The SMILES string of the molecule is Cc1c(Br)cccc1C(=O)NCC(C)(C)C#N. The summed E-state index contributed by atoms with van der Waals surface area (Å²) in [6.45, 7) is 5.81. The van der Waals surface area contributed by atoms with Crippen molar-refractivity contribution in [1.29, 1.82) is 5.26 Å². The van der Waals surface area contributed by atoms with Gasteiger partial charge in [-0.3, -0.25) is 4.79 Å². The van der Waals surface area contributed by atoms with Crippen LogP contribution in [0.2, 0.25) is 0 Å². The normalized spacial score (nSPS) is 10.8. The standard InChI is InChI=1S/C13H15BrN2O/c1-9-10(5-4-6-11(9)14)12(17)16-8-13(2,3)7-15/h4-6H,8H2,1-3H3,(H,16,17). The molecule has 0 unspecified atom stereocenters. The highest BCUT2D eigenvalue weighted by Crippen LogP contribution is 2.19. The molecular weight excluding hydrogens is 280 g/mol. The molecule has 0 heterocycles. The number of carbonyl (C=O) groups excluding carboxylic acids is 1. The highest BCUT2D eigenvalue weighted by molar-refractivity contribution is 9.10. The van der Waals surface area contributed by atoms with E-state index in [2.05, 4.69) is 27.3 Å². The van der Waals surface area contributed by atoms with Gasteiger partial charge in [0.25, 0.3) is 5.91 Å². The van der Waals surface area contributed by atoms with Crippen molar-refractivity contribution in [1.82, 2.24) is 5.32 Å². The largest absolute Gasteiger partial charge is 0.350 e. The first-order valence-electron chi connectivity index (χ1n) is 5.32. The second-order valence-electron chi connectivity index (χ2n) is 4.59. The minimum atomic E-state index is -0.546. The number of benzene rings is 1. The Morgan fingerprint density at radius 3 is 2.76 bits per heavy atom. The van der Waals surface area contributed by atoms with E-state index in [1.165, 1.54) is 0 Å². The lowest BCUT2D eigenvalue weighted by molar-refractivity contribution is 0.0943. The molecule has 4 heteroatoms. The molecule has 1 rings (SSSR count). The first-order valence-corrected chi connectivity index (χ1v) is 6.11. The number of nitrogens with one attached hydrogen (secondary N) is 1. The fraction of sp³-hybridized carbons (Fsp3) is 0.385. The number of nitriles is 1. The molecule has 0 aromatic heterocycles. The van der Waals surface area contributed by atoms with E-state index in [1.54, 1.807) is 19.9 Å². The van der Waals surface area contributed by atoms with E-state index >= 15 is 0 Å². The van der Waals surface area contributed by atoms with Crippen LogP contribution in [0, 0.1) is 23.7 Å². The minimum Gasteiger partial charge on any atom is -0.350 e. The maximum Gasteiger partial charge on any atom is 0.251 e. The van der Waals surface area contributed by atoms with E-state index in [1.807, 2.05) is 19.1 Å². The third-order valence-corrected chi connectivity index (χ3v) is 3.36. The summed E-state index contributed by atoms with van der Waals surface area (Å²) >= 11 is 3.39. The van der Waals surface area contributed by atoms with E-state index in [0.29, 0.717) is 12.1 Å². The molecule has 0 fully saturated rings. The Balaban J connectivity index is 2.79. The molecule has 1 amide bonds. The van der Waals surface area contributed by atoms with Crippen molar-refractivity contribution < 1.29 is 4.79 Å². The van der Waals surface area contributed by atoms with Crippen LogP contribution in [0.4, 0.5) is 0 Å². The molecule has 90 valence electrons. The van der Waals surface area contributed by atoms with Crippen molar-refractivity contribution in [3.05, 3.63) is 33.8 Å². The van der Waals surface area contributed by atoms with Crippen molar-refractivity contribution in [2.75, 3.05) is 6.54 Å². The summed E-state index contributed by atoms with van der Waals surface area (Å²) in [6.07, 6.45) is 0. The molecule has 0 spiro atoms. The van der Waals surface area contributed by atoms with Crippen molar-refractivity contribution in [3.63, 3.8) is 0 Å². The molecule has 17 heavy (non-hydrogen) atoms. The van der Waals surface area contributed by atoms with Gasteiger partial charge >= 0.3 is 0 Å². The molecule has 0 saturated carbocycles. The van der Waals surface area contributed by atoms with Crippen LogP contribution >= 0.6 is 15.9 Å². The van der Waals surface area contributed by atoms with Crippen LogP contribution in [-0.2, 0) is 0 Å². The zero-order chi connectivity index (χ0) is 13.1. The van der Waals surface area contributed by atoms with Crippen molar-refractivity contribution in [2.24, 2.45) is 5.41 Å². The quantitative estimate of drug-likeness (QED) is 0.931. The monoisotopic (exact) mass is 294 g/mol. The number of hydrogen-bond donors (Lipinski definition) is 1. The second-order valence-corrected chi connectivity index (χ2v) is 5.45. The molecule has 0 saturated heterocycles. The van der Waals surface area contributed by atoms with Gasteiger partial charge in [0.2, 0.25) is 0 Å². The summed E-state index contributed by atoms with van der Waals surface area (Å²) in [7, 11) is 0. The summed E-state index contributed by atoms with van der Waals surface area (Å²) in [5.74, 6) is -0.146. The fourth-order valence-electron chi connectivity index (χ4n) is 1.29. The summed E-state index contributed by atoms with van der Waals surface area (Å²) in [5, 5.41) is 11.6. The van der Waals surface area contributed by atoms with E-state index in [4.69, 9.17) is 5.26 Å². The van der Waals surface area contributed by atoms with E-state index in [9.17, 15) is 4.79 Å². The Bertz CT molecular complexity index is 475. The van der Waals surface area contributed by atoms with Crippen LogP contribution < -0.4 is 5.32 Å². The predicted octanol–water partition coefficient (Wildman–Crippen LogP) is 3.04. The van der Waals surface area contributed by atoms with Gasteiger partial charge in [-0.05, 0) is 38.5 Å². The average Bonchev–Trinajstić information content (AvgIpc) is 2.30. The lowest BCUT2D eigenvalue weighted by Gasteiger charge is -2.16. The second kappa shape index (κ2) is 5.33. The molecule has 0 aliphatic carbocycles. The molecule has 1 N–H and O–H groups in total. The molecule has 0 aliphatic heterocycles. The van der Waals surface area contributed by atoms with Gasteiger partial charge in [0, 0.05) is 16.6 Å². The number of halogens is 1. The van der Waals surface area contributed by atoms with E-state index < -0.39 is 5.41 Å². The molecule has 0 bridgehead atoms. The molecule has 3 nitrogen and oxygen atoms in total. The van der Waals surface area contributed by atoms with Crippen LogP contribution in [0.5, 0.6) is 0 Å². The maximum absolute atomic E-state index is 11.9. The van der Waals surface area contributed by atoms with Gasteiger partial charge in [-0.2, -0.15) is 5.26 Å². The Hall–Kier alpha value is -1.34. The molecule has 1 aromatic rings. The third-order valence-electron chi connectivity index (χ3n) is 2.51. The summed E-state index contributed by atoms with van der Waals surface area (Å²) in [5.41, 5.74) is 0.989. The average molecular weight is 295 g/mol. The number of carbonyl (C=O) groups is 1. The van der Waals surface area contributed by atoms with Gasteiger partial charge in [0.05, 0.1) is 11.5 Å². The first kappa shape index (κ1) is 13.7. The molecule has 0 atom stereocenters. The topological polar surface area (TPSA) is 52.9 Å².